The predicted octanol–water partition coefficient (Wildman–Crippen LogP) is 0.881. The van der Waals surface area contributed by atoms with Crippen molar-refractivity contribution in [1.29, 1.82) is 0 Å². The third-order valence-corrected chi connectivity index (χ3v) is 2.89. The number of carbonyl (C=O) groups is 3. The van der Waals surface area contributed by atoms with Gasteiger partial charge in [-0.25, -0.2) is 14.4 Å². The van der Waals surface area contributed by atoms with Gasteiger partial charge in [0.15, 0.2) is 0 Å². The molecule has 112 valence electrons. The van der Waals surface area contributed by atoms with Crippen molar-refractivity contribution in [3.63, 3.8) is 0 Å². The Labute approximate surface area is 120 Å². The van der Waals surface area contributed by atoms with E-state index < -0.39 is 23.5 Å². The minimum Gasteiger partial charge on any atom is -0.479 e. The van der Waals surface area contributed by atoms with Gasteiger partial charge in [0.1, 0.15) is 0 Å². The fourth-order valence-electron chi connectivity index (χ4n) is 1.69. The molecule has 0 bridgehead atoms. The van der Waals surface area contributed by atoms with Crippen LogP contribution in [-0.2, 0) is 25.5 Å². The maximum atomic E-state index is 11.2. The first kappa shape index (κ1) is 16.4. The highest BCUT2D eigenvalue weighted by Crippen LogP contribution is 2.19. The Kier molecular flexibility index (Phi) is 5.20. The number of carboxylic acids is 3. The Hall–Kier alpha value is -2.67. The Bertz CT molecular complexity index is 557. The highest BCUT2D eigenvalue weighted by molar-refractivity contribution is 6.02. The minimum atomic E-state index is -2.35. The SMILES string of the molecule is COC(Cc1ccc(/C=C/C(=O)O)cc1)(C(=O)O)C(=O)O. The lowest BCUT2D eigenvalue weighted by Gasteiger charge is -2.23. The topological polar surface area (TPSA) is 121 Å². The van der Waals surface area contributed by atoms with Crippen molar-refractivity contribution in [2.75, 3.05) is 7.11 Å². The second kappa shape index (κ2) is 6.67. The van der Waals surface area contributed by atoms with E-state index in [0.29, 0.717) is 11.1 Å². The number of rotatable bonds is 7. The Morgan fingerprint density at radius 1 is 1.10 bits per heavy atom. The Morgan fingerprint density at radius 3 is 2.00 bits per heavy atom. The van der Waals surface area contributed by atoms with E-state index >= 15 is 0 Å². The molecule has 0 saturated carbocycles. The van der Waals surface area contributed by atoms with Crippen LogP contribution in [-0.4, -0.2) is 45.9 Å². The Balaban J connectivity index is 2.99. The van der Waals surface area contributed by atoms with Crippen molar-refractivity contribution < 1.29 is 34.4 Å². The highest BCUT2D eigenvalue weighted by atomic mass is 16.5. The third-order valence-electron chi connectivity index (χ3n) is 2.89. The van der Waals surface area contributed by atoms with Gasteiger partial charge >= 0.3 is 17.9 Å². The maximum absolute atomic E-state index is 11.2. The average Bonchev–Trinajstić information content (AvgIpc) is 2.43. The van der Waals surface area contributed by atoms with Crippen molar-refractivity contribution in [2.45, 2.75) is 12.0 Å². The van der Waals surface area contributed by atoms with Crippen LogP contribution >= 0.6 is 0 Å². The number of benzene rings is 1. The summed E-state index contributed by atoms with van der Waals surface area (Å²) in [5.74, 6) is -4.27. The molecule has 0 radical (unpaired) electrons. The summed E-state index contributed by atoms with van der Waals surface area (Å²) in [7, 11) is 1.02. The summed E-state index contributed by atoms with van der Waals surface area (Å²) < 4.78 is 4.68. The van der Waals surface area contributed by atoms with Crippen LogP contribution < -0.4 is 0 Å². The lowest BCUT2D eigenvalue weighted by molar-refractivity contribution is -0.179. The molecular weight excluding hydrogens is 280 g/mol. The number of aliphatic carboxylic acids is 3. The second-order valence-electron chi connectivity index (χ2n) is 4.23. The molecule has 0 aromatic heterocycles. The van der Waals surface area contributed by atoms with Gasteiger partial charge in [-0.2, -0.15) is 0 Å². The fraction of sp³-hybridized carbons (Fsp3) is 0.214. The number of carboxylic acid groups (broad SMARTS) is 3. The largest absolute Gasteiger partial charge is 0.479 e. The number of methoxy groups -OCH3 is 1. The second-order valence-corrected chi connectivity index (χ2v) is 4.23. The van der Waals surface area contributed by atoms with Crippen LogP contribution in [0.3, 0.4) is 0 Å². The van der Waals surface area contributed by atoms with E-state index in [1.165, 1.54) is 18.2 Å². The lowest BCUT2D eigenvalue weighted by atomic mass is 9.94. The first-order valence-corrected chi connectivity index (χ1v) is 5.83. The van der Waals surface area contributed by atoms with E-state index in [-0.39, 0.29) is 6.42 Å². The van der Waals surface area contributed by atoms with Crippen molar-refractivity contribution in [3.8, 4) is 0 Å². The van der Waals surface area contributed by atoms with E-state index in [4.69, 9.17) is 15.3 Å². The third kappa shape index (κ3) is 3.90. The molecule has 7 nitrogen and oxygen atoms in total. The van der Waals surface area contributed by atoms with Crippen LogP contribution in [0.4, 0.5) is 0 Å². The standard InChI is InChI=1S/C14H14O7/c1-21-14(12(17)18,13(19)20)8-10-4-2-9(3-5-10)6-7-11(15)16/h2-7H,8H2,1H3,(H,15,16)(H,17,18)(H,19,20)/b7-6+. The molecule has 3 N–H and O–H groups in total. The molecule has 0 atom stereocenters. The van der Waals surface area contributed by atoms with Gasteiger partial charge in [0, 0.05) is 19.6 Å². The molecule has 0 aliphatic carbocycles. The van der Waals surface area contributed by atoms with Crippen LogP contribution in [0.5, 0.6) is 0 Å². The summed E-state index contributed by atoms with van der Waals surface area (Å²) in [6.07, 6.45) is 1.98. The molecule has 0 aliphatic heterocycles. The van der Waals surface area contributed by atoms with Gasteiger partial charge in [-0.15, -0.1) is 0 Å². The van der Waals surface area contributed by atoms with Gasteiger partial charge in [-0.1, -0.05) is 24.3 Å². The first-order valence-electron chi connectivity index (χ1n) is 5.83. The van der Waals surface area contributed by atoms with E-state index in [1.54, 1.807) is 12.1 Å². The summed E-state index contributed by atoms with van der Waals surface area (Å²) in [6, 6.07) is 6.14. The number of ether oxygens (including phenoxy) is 1. The van der Waals surface area contributed by atoms with Crippen molar-refractivity contribution in [1.82, 2.24) is 0 Å². The molecule has 0 spiro atoms. The van der Waals surface area contributed by atoms with E-state index in [1.807, 2.05) is 0 Å². The summed E-state index contributed by atoms with van der Waals surface area (Å²) in [6.45, 7) is 0. The monoisotopic (exact) mass is 294 g/mol. The molecular formula is C14H14O7. The highest BCUT2D eigenvalue weighted by Gasteiger charge is 2.47. The normalized spacial score (nSPS) is 11.5. The quantitative estimate of drug-likeness (QED) is 0.504. The molecule has 1 rings (SSSR count). The van der Waals surface area contributed by atoms with Crippen LogP contribution in [0.15, 0.2) is 30.3 Å². The zero-order valence-corrected chi connectivity index (χ0v) is 11.1. The molecule has 1 aromatic carbocycles. The van der Waals surface area contributed by atoms with E-state index in [0.717, 1.165) is 13.2 Å². The van der Waals surface area contributed by atoms with Gasteiger partial charge in [-0.05, 0) is 17.2 Å². The van der Waals surface area contributed by atoms with Crippen LogP contribution in [0.25, 0.3) is 6.08 Å². The van der Waals surface area contributed by atoms with Crippen LogP contribution in [0.2, 0.25) is 0 Å². The van der Waals surface area contributed by atoms with Crippen LogP contribution in [0.1, 0.15) is 11.1 Å². The summed E-state index contributed by atoms with van der Waals surface area (Å²) in [4.78, 5) is 32.7. The molecule has 21 heavy (non-hydrogen) atoms. The fourth-order valence-corrected chi connectivity index (χ4v) is 1.69. The van der Waals surface area contributed by atoms with E-state index in [9.17, 15) is 14.4 Å². The average molecular weight is 294 g/mol. The maximum Gasteiger partial charge on any atom is 0.348 e. The molecule has 0 aliphatic rings. The van der Waals surface area contributed by atoms with Crippen molar-refractivity contribution in [2.24, 2.45) is 0 Å². The smallest absolute Gasteiger partial charge is 0.348 e. The zero-order chi connectivity index (χ0) is 16.0. The zero-order valence-electron chi connectivity index (χ0n) is 11.1. The van der Waals surface area contributed by atoms with Crippen molar-refractivity contribution in [3.05, 3.63) is 41.5 Å². The minimum absolute atomic E-state index is 0.350. The van der Waals surface area contributed by atoms with Gasteiger partial charge in [0.25, 0.3) is 5.60 Å². The van der Waals surface area contributed by atoms with Crippen molar-refractivity contribution >= 4 is 24.0 Å². The van der Waals surface area contributed by atoms with Crippen LogP contribution in [0, 0.1) is 0 Å². The number of hydrogen-bond donors (Lipinski definition) is 3. The molecule has 0 amide bonds. The predicted molar refractivity (Wildman–Crippen MR) is 71.8 cm³/mol. The van der Waals surface area contributed by atoms with Gasteiger partial charge < -0.3 is 20.1 Å². The van der Waals surface area contributed by atoms with Gasteiger partial charge in [0.05, 0.1) is 0 Å². The Morgan fingerprint density at radius 2 is 1.62 bits per heavy atom. The number of hydrogen-bond acceptors (Lipinski definition) is 4. The molecule has 7 heteroatoms. The molecule has 1 aromatic rings. The lowest BCUT2D eigenvalue weighted by Crippen LogP contribution is -2.50. The van der Waals surface area contributed by atoms with E-state index in [2.05, 4.69) is 4.74 Å². The molecule has 0 heterocycles. The summed E-state index contributed by atoms with van der Waals surface area (Å²) in [5.41, 5.74) is -1.32. The van der Waals surface area contributed by atoms with Gasteiger partial charge in [-0.3, -0.25) is 0 Å². The van der Waals surface area contributed by atoms with Gasteiger partial charge in [0.2, 0.25) is 0 Å². The summed E-state index contributed by atoms with van der Waals surface area (Å²) in [5, 5.41) is 26.6. The first-order chi connectivity index (χ1) is 9.81. The molecule has 0 saturated heterocycles. The summed E-state index contributed by atoms with van der Waals surface area (Å²) >= 11 is 0. The molecule has 0 unspecified atom stereocenters. The molecule has 0 fully saturated rings.